The van der Waals surface area contributed by atoms with Crippen molar-refractivity contribution in [2.45, 2.75) is 0 Å². The van der Waals surface area contributed by atoms with Crippen LogP contribution in [0.15, 0.2) is 97.2 Å². The molecule has 32 heavy (non-hydrogen) atoms. The summed E-state index contributed by atoms with van der Waals surface area (Å²) >= 11 is 0. The first-order chi connectivity index (χ1) is 15.7. The van der Waals surface area contributed by atoms with Gasteiger partial charge >= 0.3 is 0 Å². The van der Waals surface area contributed by atoms with Crippen LogP contribution in [0, 0.1) is 0 Å². The van der Waals surface area contributed by atoms with Crippen LogP contribution in [0.25, 0.3) is 65.4 Å². The maximum Gasteiger partial charge on any atom is 0.0562 e. The van der Waals surface area contributed by atoms with E-state index in [9.17, 15) is 0 Å². The molecule has 2 heterocycles. The van der Waals surface area contributed by atoms with E-state index in [1.54, 1.807) is 0 Å². The number of hydrogen-bond acceptors (Lipinski definition) is 0. The fourth-order valence-corrected chi connectivity index (χ4v) is 5.58. The van der Waals surface area contributed by atoms with E-state index >= 15 is 0 Å². The summed E-state index contributed by atoms with van der Waals surface area (Å²) in [6.07, 6.45) is 2.14. The summed E-state index contributed by atoms with van der Waals surface area (Å²) in [6, 6.07) is 33.4. The minimum atomic E-state index is 1.25. The highest BCUT2D eigenvalue weighted by atomic mass is 14.9. The third-order valence-corrected chi connectivity index (χ3v) is 7.09. The van der Waals surface area contributed by atoms with Gasteiger partial charge in [0.05, 0.1) is 11.0 Å². The van der Waals surface area contributed by atoms with Crippen LogP contribution in [-0.2, 0) is 14.1 Å². The monoisotopic (exact) mass is 410 g/mol. The SMILES string of the molecule is Cn1ccc2ccc3c4ccc5c(ccc6cc(-c7ccccc7)n(C)c65)c4ccc3c21. The maximum absolute atomic E-state index is 2.34. The summed E-state index contributed by atoms with van der Waals surface area (Å²) in [6.45, 7) is 0. The van der Waals surface area contributed by atoms with Gasteiger partial charge in [0.15, 0.2) is 0 Å². The van der Waals surface area contributed by atoms with Crippen molar-refractivity contribution in [3.8, 4) is 11.3 Å². The van der Waals surface area contributed by atoms with Crippen molar-refractivity contribution < 1.29 is 0 Å². The van der Waals surface area contributed by atoms with Crippen LogP contribution in [-0.4, -0.2) is 9.13 Å². The van der Waals surface area contributed by atoms with Gasteiger partial charge in [-0.25, -0.2) is 0 Å². The lowest BCUT2D eigenvalue weighted by atomic mass is 9.95. The zero-order valence-electron chi connectivity index (χ0n) is 18.1. The molecule has 0 aliphatic rings. The summed E-state index contributed by atoms with van der Waals surface area (Å²) in [4.78, 5) is 0. The molecular weight excluding hydrogens is 388 g/mol. The average molecular weight is 411 g/mol. The van der Waals surface area contributed by atoms with E-state index in [1.165, 1.54) is 65.4 Å². The highest BCUT2D eigenvalue weighted by molar-refractivity contribution is 6.24. The molecule has 0 spiro atoms. The average Bonchev–Trinajstić information content (AvgIpc) is 3.39. The minimum Gasteiger partial charge on any atom is -0.350 e. The number of fused-ring (bicyclic) bond motifs is 9. The quantitative estimate of drug-likeness (QED) is 0.244. The number of benzene rings is 5. The molecule has 0 unspecified atom stereocenters. The first-order valence-corrected chi connectivity index (χ1v) is 11.1. The van der Waals surface area contributed by atoms with Crippen molar-refractivity contribution in [3.05, 3.63) is 97.2 Å². The van der Waals surface area contributed by atoms with E-state index in [0.29, 0.717) is 0 Å². The highest BCUT2D eigenvalue weighted by Gasteiger charge is 2.14. The molecule has 0 saturated carbocycles. The van der Waals surface area contributed by atoms with Gasteiger partial charge in [-0.15, -0.1) is 0 Å². The second-order valence-electron chi connectivity index (χ2n) is 8.80. The van der Waals surface area contributed by atoms with Gasteiger partial charge in [0.2, 0.25) is 0 Å². The standard InChI is InChI=1S/C30H22N2/c1-31-17-16-20-8-10-24-22-13-15-27-25(23(22)12-14-26(24)29(20)31)11-9-21-18-28(32(2)30(21)27)19-6-4-3-5-7-19/h3-18H,1-2H3. The van der Waals surface area contributed by atoms with Crippen LogP contribution < -0.4 is 0 Å². The number of hydrogen-bond donors (Lipinski definition) is 0. The Morgan fingerprint density at radius 2 is 1.06 bits per heavy atom. The Labute approximate surface area is 185 Å². The van der Waals surface area contributed by atoms with Crippen LogP contribution in [0.2, 0.25) is 0 Å². The fraction of sp³-hybridized carbons (Fsp3) is 0.0667. The lowest BCUT2D eigenvalue weighted by molar-refractivity contribution is 0.973. The van der Waals surface area contributed by atoms with Crippen molar-refractivity contribution in [3.63, 3.8) is 0 Å². The predicted molar refractivity (Wildman–Crippen MR) is 137 cm³/mol. The molecule has 2 aromatic heterocycles. The van der Waals surface area contributed by atoms with Crippen molar-refractivity contribution >= 4 is 54.1 Å². The Bertz CT molecular complexity index is 1830. The normalized spacial score (nSPS) is 12.1. The summed E-state index contributed by atoms with van der Waals surface area (Å²) in [5, 5.41) is 10.4. The van der Waals surface area contributed by atoms with Gasteiger partial charge in [-0.3, -0.25) is 0 Å². The molecule has 0 radical (unpaired) electrons. The molecule has 0 aliphatic carbocycles. The topological polar surface area (TPSA) is 9.86 Å². The zero-order valence-corrected chi connectivity index (χ0v) is 18.1. The van der Waals surface area contributed by atoms with Gasteiger partial charge in [0, 0.05) is 47.5 Å². The van der Waals surface area contributed by atoms with E-state index in [1.807, 2.05) is 0 Å². The Morgan fingerprint density at radius 3 is 1.78 bits per heavy atom. The summed E-state index contributed by atoms with van der Waals surface area (Å²) < 4.78 is 4.57. The third kappa shape index (κ3) is 2.24. The van der Waals surface area contributed by atoms with E-state index < -0.39 is 0 Å². The lowest BCUT2D eigenvalue weighted by Gasteiger charge is -2.11. The molecule has 0 aliphatic heterocycles. The second kappa shape index (κ2) is 6.24. The Hall–Kier alpha value is -4.04. The van der Waals surface area contributed by atoms with Gasteiger partial charge in [0.25, 0.3) is 0 Å². The molecule has 0 saturated heterocycles. The Morgan fingerprint density at radius 1 is 0.500 bits per heavy atom. The molecule has 7 aromatic rings. The Kier molecular flexibility index (Phi) is 3.44. The third-order valence-electron chi connectivity index (χ3n) is 7.09. The molecular formula is C30H22N2. The summed E-state index contributed by atoms with van der Waals surface area (Å²) in [5.74, 6) is 0. The number of aryl methyl sites for hydroxylation is 2. The van der Waals surface area contributed by atoms with Gasteiger partial charge in [-0.05, 0) is 39.2 Å². The molecule has 2 heteroatoms. The molecule has 0 atom stereocenters. The maximum atomic E-state index is 2.34. The molecule has 2 nitrogen and oxygen atoms in total. The lowest BCUT2D eigenvalue weighted by Crippen LogP contribution is -1.92. The van der Waals surface area contributed by atoms with Crippen molar-refractivity contribution in [1.29, 1.82) is 0 Å². The highest BCUT2D eigenvalue weighted by Crippen LogP contribution is 2.38. The van der Waals surface area contributed by atoms with Crippen molar-refractivity contribution in [2.75, 3.05) is 0 Å². The summed E-state index contributed by atoms with van der Waals surface area (Å²) in [7, 11) is 4.31. The fourth-order valence-electron chi connectivity index (χ4n) is 5.58. The van der Waals surface area contributed by atoms with Crippen LogP contribution in [0.3, 0.4) is 0 Å². The van der Waals surface area contributed by atoms with Crippen molar-refractivity contribution in [2.24, 2.45) is 14.1 Å². The number of nitrogens with zero attached hydrogens (tertiary/aromatic N) is 2. The second-order valence-corrected chi connectivity index (χ2v) is 8.80. The largest absolute Gasteiger partial charge is 0.350 e. The van der Waals surface area contributed by atoms with Crippen LogP contribution >= 0.6 is 0 Å². The van der Waals surface area contributed by atoms with E-state index in [0.717, 1.165) is 0 Å². The van der Waals surface area contributed by atoms with Crippen LogP contribution in [0.5, 0.6) is 0 Å². The van der Waals surface area contributed by atoms with E-state index in [-0.39, 0.29) is 0 Å². The van der Waals surface area contributed by atoms with Crippen molar-refractivity contribution in [1.82, 2.24) is 9.13 Å². The van der Waals surface area contributed by atoms with E-state index in [4.69, 9.17) is 0 Å². The molecule has 5 aromatic carbocycles. The molecule has 0 fully saturated rings. The van der Waals surface area contributed by atoms with Gasteiger partial charge in [0.1, 0.15) is 0 Å². The number of rotatable bonds is 1. The molecule has 0 bridgehead atoms. The first kappa shape index (κ1) is 17.6. The first-order valence-electron chi connectivity index (χ1n) is 11.1. The van der Waals surface area contributed by atoms with E-state index in [2.05, 4.69) is 120 Å². The molecule has 0 amide bonds. The molecule has 7 rings (SSSR count). The zero-order chi connectivity index (χ0) is 21.4. The van der Waals surface area contributed by atoms with Crippen LogP contribution in [0.1, 0.15) is 0 Å². The predicted octanol–water partition coefficient (Wildman–Crippen LogP) is 7.80. The molecule has 0 N–H and O–H groups in total. The summed E-state index contributed by atoms with van der Waals surface area (Å²) in [5.41, 5.74) is 5.09. The van der Waals surface area contributed by atoms with Crippen LogP contribution in [0.4, 0.5) is 0 Å². The Balaban J connectivity index is 1.58. The van der Waals surface area contributed by atoms with Gasteiger partial charge < -0.3 is 9.13 Å². The minimum absolute atomic E-state index is 1.25. The van der Waals surface area contributed by atoms with Gasteiger partial charge in [-0.2, -0.15) is 0 Å². The smallest absolute Gasteiger partial charge is 0.0562 e. The molecule has 152 valence electrons. The van der Waals surface area contributed by atoms with Gasteiger partial charge in [-0.1, -0.05) is 78.9 Å². The number of aromatic nitrogens is 2.